The van der Waals surface area contributed by atoms with E-state index in [1.165, 1.54) is 13.1 Å². The van der Waals surface area contributed by atoms with E-state index in [4.69, 9.17) is 11.0 Å². The average Bonchev–Trinajstić information content (AvgIpc) is 2.36. The van der Waals surface area contributed by atoms with Crippen LogP contribution in [0.15, 0.2) is 24.3 Å². The lowest BCUT2D eigenvalue weighted by molar-refractivity contribution is -0.193. The van der Waals surface area contributed by atoms with Crippen molar-refractivity contribution in [2.75, 3.05) is 7.05 Å². The number of rotatable bonds is 3. The maximum absolute atomic E-state index is 12.7. The highest BCUT2D eigenvalue weighted by Crippen LogP contribution is 2.29. The van der Waals surface area contributed by atoms with Crippen LogP contribution >= 0.6 is 0 Å². The number of carbonyl (C=O) groups excluding carboxylic acids is 1. The van der Waals surface area contributed by atoms with Crippen LogP contribution in [0, 0.1) is 11.3 Å². The Bertz CT molecular complexity index is 547. The van der Waals surface area contributed by atoms with E-state index >= 15 is 0 Å². The molecular weight excluding hydrogens is 271 g/mol. The number of hydrogen-bond donors (Lipinski definition) is 1. The number of carbonyl (C=O) groups is 1. The largest absolute Gasteiger partial charge is 0.415 e. The van der Waals surface area contributed by atoms with Gasteiger partial charge in [-0.05, 0) is 24.6 Å². The Morgan fingerprint density at radius 3 is 2.55 bits per heavy atom. The second-order valence-corrected chi connectivity index (χ2v) is 4.67. The first-order valence-electron chi connectivity index (χ1n) is 5.70. The van der Waals surface area contributed by atoms with Gasteiger partial charge in [-0.25, -0.2) is 0 Å². The van der Waals surface area contributed by atoms with Crippen molar-refractivity contribution >= 4 is 5.91 Å². The van der Waals surface area contributed by atoms with E-state index in [1.807, 2.05) is 6.07 Å². The van der Waals surface area contributed by atoms with Gasteiger partial charge in [0.15, 0.2) is 5.54 Å². The summed E-state index contributed by atoms with van der Waals surface area (Å²) in [5.74, 6) is -1.23. The van der Waals surface area contributed by atoms with E-state index in [9.17, 15) is 18.0 Å². The highest BCUT2D eigenvalue weighted by Gasteiger charge is 2.54. The van der Waals surface area contributed by atoms with Crippen LogP contribution < -0.4 is 5.73 Å². The Morgan fingerprint density at radius 1 is 1.45 bits per heavy atom. The highest BCUT2D eigenvalue weighted by atomic mass is 19.4. The van der Waals surface area contributed by atoms with Gasteiger partial charge in [0.1, 0.15) is 0 Å². The molecule has 0 saturated carbocycles. The Hall–Kier alpha value is -2.07. The lowest BCUT2D eigenvalue weighted by Crippen LogP contribution is -2.61. The molecule has 20 heavy (non-hydrogen) atoms. The molecule has 1 unspecified atom stereocenters. The van der Waals surface area contributed by atoms with Crippen LogP contribution in [0.25, 0.3) is 0 Å². The van der Waals surface area contributed by atoms with Gasteiger partial charge in [-0.1, -0.05) is 12.1 Å². The van der Waals surface area contributed by atoms with Crippen molar-refractivity contribution in [2.45, 2.75) is 25.2 Å². The lowest BCUT2D eigenvalue weighted by atomic mass is 10.0. The topological polar surface area (TPSA) is 70.1 Å². The summed E-state index contributed by atoms with van der Waals surface area (Å²) < 4.78 is 38.1. The van der Waals surface area contributed by atoms with Gasteiger partial charge in [-0.3, -0.25) is 4.79 Å². The van der Waals surface area contributed by atoms with Gasteiger partial charge in [0.2, 0.25) is 0 Å². The zero-order valence-corrected chi connectivity index (χ0v) is 11.0. The van der Waals surface area contributed by atoms with E-state index in [-0.39, 0.29) is 6.54 Å². The standard InChI is InChI=1S/C13H14F3N3O/c1-12(18,13(14,15)16)11(20)19(2)8-10-5-3-4-9(6-10)7-17/h3-6H,8,18H2,1-2H3. The number of alkyl halides is 3. The predicted molar refractivity (Wildman–Crippen MR) is 66.3 cm³/mol. The number of amides is 1. The van der Waals surface area contributed by atoms with Crippen molar-refractivity contribution in [2.24, 2.45) is 5.73 Å². The first-order valence-corrected chi connectivity index (χ1v) is 5.70. The molecule has 0 aliphatic carbocycles. The summed E-state index contributed by atoms with van der Waals surface area (Å²) in [6.45, 7) is 0.578. The molecule has 0 aliphatic heterocycles. The van der Waals surface area contributed by atoms with Gasteiger partial charge >= 0.3 is 6.18 Å². The van der Waals surface area contributed by atoms with Gasteiger partial charge < -0.3 is 10.6 Å². The van der Waals surface area contributed by atoms with Crippen LogP contribution in [0.1, 0.15) is 18.1 Å². The molecule has 0 spiro atoms. The fraction of sp³-hybridized carbons (Fsp3) is 0.385. The quantitative estimate of drug-likeness (QED) is 0.920. The molecule has 0 heterocycles. The normalized spacial score (nSPS) is 14.2. The Labute approximate surface area is 114 Å². The fourth-order valence-corrected chi connectivity index (χ4v) is 1.60. The molecule has 4 nitrogen and oxygen atoms in total. The van der Waals surface area contributed by atoms with Crippen molar-refractivity contribution in [1.82, 2.24) is 4.90 Å². The first kappa shape index (κ1) is 16.0. The summed E-state index contributed by atoms with van der Waals surface area (Å²) in [5.41, 5.74) is 3.07. The number of nitrogens with two attached hydrogens (primary N) is 1. The molecule has 1 rings (SSSR count). The minimum atomic E-state index is -4.83. The molecule has 1 aromatic carbocycles. The maximum Gasteiger partial charge on any atom is 0.415 e. The molecule has 1 amide bonds. The molecule has 0 fully saturated rings. The molecule has 7 heteroatoms. The van der Waals surface area contributed by atoms with Crippen LogP contribution in [0.2, 0.25) is 0 Å². The third-order valence-corrected chi connectivity index (χ3v) is 2.86. The number of nitrogens with zero attached hydrogens (tertiary/aromatic N) is 2. The third-order valence-electron chi connectivity index (χ3n) is 2.86. The van der Waals surface area contributed by atoms with Gasteiger partial charge in [-0.15, -0.1) is 0 Å². The number of halogens is 3. The maximum atomic E-state index is 12.7. The van der Waals surface area contributed by atoms with Crippen LogP contribution in [0.3, 0.4) is 0 Å². The predicted octanol–water partition coefficient (Wildman–Crippen LogP) is 1.80. The number of likely N-dealkylation sites (N-methyl/N-ethyl adjacent to an activating group) is 1. The van der Waals surface area contributed by atoms with Crippen LogP contribution in [-0.4, -0.2) is 29.6 Å². The second kappa shape index (κ2) is 5.51. The van der Waals surface area contributed by atoms with Gasteiger partial charge in [0, 0.05) is 13.6 Å². The van der Waals surface area contributed by atoms with Crippen LogP contribution in [0.4, 0.5) is 13.2 Å². The Balaban J connectivity index is 2.89. The van der Waals surface area contributed by atoms with Crippen molar-refractivity contribution < 1.29 is 18.0 Å². The summed E-state index contributed by atoms with van der Waals surface area (Å²) in [6.07, 6.45) is -4.83. The molecule has 108 valence electrons. The van der Waals surface area contributed by atoms with Crippen molar-refractivity contribution in [3.8, 4) is 6.07 Å². The zero-order chi connectivity index (χ0) is 15.6. The molecule has 1 aromatic rings. The minimum absolute atomic E-state index is 0.0583. The van der Waals surface area contributed by atoms with Gasteiger partial charge in [0.25, 0.3) is 5.91 Å². The Morgan fingerprint density at radius 2 is 2.05 bits per heavy atom. The number of hydrogen-bond acceptors (Lipinski definition) is 3. The summed E-state index contributed by atoms with van der Waals surface area (Å²) in [5, 5.41) is 8.74. The summed E-state index contributed by atoms with van der Waals surface area (Å²) in [4.78, 5) is 12.7. The zero-order valence-electron chi connectivity index (χ0n) is 11.0. The summed E-state index contributed by atoms with van der Waals surface area (Å²) >= 11 is 0. The van der Waals surface area contributed by atoms with Crippen molar-refractivity contribution in [3.05, 3.63) is 35.4 Å². The van der Waals surface area contributed by atoms with Gasteiger partial charge in [-0.2, -0.15) is 18.4 Å². The van der Waals surface area contributed by atoms with E-state index in [2.05, 4.69) is 0 Å². The van der Waals surface area contributed by atoms with E-state index in [0.29, 0.717) is 18.1 Å². The van der Waals surface area contributed by atoms with Crippen molar-refractivity contribution in [3.63, 3.8) is 0 Å². The molecule has 0 saturated heterocycles. The summed E-state index contributed by atoms with van der Waals surface area (Å²) in [7, 11) is 1.23. The highest BCUT2D eigenvalue weighted by molar-refractivity contribution is 5.86. The molecule has 2 N–H and O–H groups in total. The van der Waals surface area contributed by atoms with Crippen molar-refractivity contribution in [1.29, 1.82) is 5.26 Å². The second-order valence-electron chi connectivity index (χ2n) is 4.67. The molecule has 1 atom stereocenters. The van der Waals surface area contributed by atoms with E-state index in [1.54, 1.807) is 18.2 Å². The number of nitriles is 1. The fourth-order valence-electron chi connectivity index (χ4n) is 1.60. The van der Waals surface area contributed by atoms with E-state index in [0.717, 1.165) is 4.90 Å². The minimum Gasteiger partial charge on any atom is -0.340 e. The first-order chi connectivity index (χ1) is 9.09. The third kappa shape index (κ3) is 3.27. The number of benzene rings is 1. The monoisotopic (exact) mass is 285 g/mol. The average molecular weight is 285 g/mol. The van der Waals surface area contributed by atoms with Gasteiger partial charge in [0.05, 0.1) is 11.6 Å². The molecular formula is C13H14F3N3O. The SMILES string of the molecule is CN(Cc1cccc(C#N)c1)C(=O)C(C)(N)C(F)(F)F. The molecule has 0 aromatic heterocycles. The van der Waals surface area contributed by atoms with E-state index < -0.39 is 17.6 Å². The molecule has 0 aliphatic rings. The lowest BCUT2D eigenvalue weighted by Gasteiger charge is -2.30. The Kier molecular flexibility index (Phi) is 4.40. The molecule has 0 radical (unpaired) electrons. The molecule has 0 bridgehead atoms. The van der Waals surface area contributed by atoms with Crippen LogP contribution in [0.5, 0.6) is 0 Å². The van der Waals surface area contributed by atoms with Crippen LogP contribution in [-0.2, 0) is 11.3 Å². The summed E-state index contributed by atoms with van der Waals surface area (Å²) in [6, 6.07) is 8.20. The smallest absolute Gasteiger partial charge is 0.340 e.